The van der Waals surface area contributed by atoms with Crippen LogP contribution >= 0.6 is 11.8 Å². The molecule has 0 aliphatic heterocycles. The molecule has 0 unspecified atom stereocenters. The minimum atomic E-state index is -0.607. The van der Waals surface area contributed by atoms with Gasteiger partial charge in [0, 0.05) is 12.9 Å². The van der Waals surface area contributed by atoms with Crippen LogP contribution in [0.5, 0.6) is 0 Å². The van der Waals surface area contributed by atoms with Crippen LogP contribution < -0.4 is 5.32 Å². The lowest BCUT2D eigenvalue weighted by Crippen LogP contribution is -2.47. The molecule has 20 heavy (non-hydrogen) atoms. The zero-order valence-corrected chi connectivity index (χ0v) is 14.1. The zero-order valence-electron chi connectivity index (χ0n) is 13.3. The SMILES string of the molecule is COCCSCC(=O)N[C@H](C(=O)OC(C)(C)C)C(C)C. The van der Waals surface area contributed by atoms with Gasteiger partial charge in [0.1, 0.15) is 11.6 Å². The Morgan fingerprint density at radius 1 is 1.25 bits per heavy atom. The molecule has 0 heterocycles. The van der Waals surface area contributed by atoms with E-state index in [0.717, 1.165) is 5.75 Å². The Hall–Kier alpha value is -0.750. The molecule has 0 rings (SSSR count). The van der Waals surface area contributed by atoms with Crippen molar-refractivity contribution in [1.82, 2.24) is 5.32 Å². The third kappa shape index (κ3) is 9.20. The minimum Gasteiger partial charge on any atom is -0.458 e. The predicted molar refractivity (Wildman–Crippen MR) is 81.8 cm³/mol. The number of rotatable bonds is 8. The van der Waals surface area contributed by atoms with E-state index in [4.69, 9.17) is 9.47 Å². The molecule has 0 aromatic carbocycles. The summed E-state index contributed by atoms with van der Waals surface area (Å²) in [7, 11) is 1.62. The molecule has 0 spiro atoms. The van der Waals surface area contributed by atoms with E-state index in [2.05, 4.69) is 5.32 Å². The average molecular weight is 305 g/mol. The number of hydrogen-bond acceptors (Lipinski definition) is 5. The van der Waals surface area contributed by atoms with E-state index in [9.17, 15) is 9.59 Å². The van der Waals surface area contributed by atoms with E-state index in [1.54, 1.807) is 7.11 Å². The number of hydrogen-bond donors (Lipinski definition) is 1. The highest BCUT2D eigenvalue weighted by Crippen LogP contribution is 2.12. The molecule has 1 atom stereocenters. The summed E-state index contributed by atoms with van der Waals surface area (Å²) in [5.41, 5.74) is -0.553. The standard InChI is InChI=1S/C14H27NO4S/c1-10(2)12(13(17)19-14(3,4)5)15-11(16)9-20-8-7-18-6/h10,12H,7-9H2,1-6H3,(H,15,16)/t12-/m0/s1. The zero-order chi connectivity index (χ0) is 15.8. The highest BCUT2D eigenvalue weighted by molar-refractivity contribution is 7.99. The Morgan fingerprint density at radius 3 is 2.30 bits per heavy atom. The van der Waals surface area contributed by atoms with Crippen LogP contribution in [-0.4, -0.2) is 48.7 Å². The molecule has 1 amide bonds. The number of ether oxygens (including phenoxy) is 2. The Labute approximate surface area is 126 Å². The summed E-state index contributed by atoms with van der Waals surface area (Å²) in [4.78, 5) is 23.9. The highest BCUT2D eigenvalue weighted by atomic mass is 32.2. The molecule has 0 aromatic heterocycles. The van der Waals surface area contributed by atoms with Crippen LogP contribution in [0, 0.1) is 5.92 Å². The first-order valence-electron chi connectivity index (χ1n) is 6.76. The largest absolute Gasteiger partial charge is 0.458 e. The van der Waals surface area contributed by atoms with Crippen LogP contribution in [0.2, 0.25) is 0 Å². The third-order valence-corrected chi connectivity index (χ3v) is 3.23. The first-order chi connectivity index (χ1) is 9.17. The van der Waals surface area contributed by atoms with E-state index in [1.165, 1.54) is 11.8 Å². The van der Waals surface area contributed by atoms with E-state index in [-0.39, 0.29) is 17.8 Å². The lowest BCUT2D eigenvalue weighted by Gasteiger charge is -2.26. The summed E-state index contributed by atoms with van der Waals surface area (Å²) in [6, 6.07) is -0.607. The highest BCUT2D eigenvalue weighted by Gasteiger charge is 2.28. The van der Waals surface area contributed by atoms with Crippen LogP contribution in [-0.2, 0) is 19.1 Å². The second-order valence-corrected chi connectivity index (χ2v) is 6.97. The van der Waals surface area contributed by atoms with Gasteiger partial charge in [-0.15, -0.1) is 11.8 Å². The predicted octanol–water partition coefficient (Wildman–Crippen LogP) is 1.85. The third-order valence-electron chi connectivity index (χ3n) is 2.31. The fraction of sp³-hybridized carbons (Fsp3) is 0.857. The van der Waals surface area contributed by atoms with Gasteiger partial charge in [-0.2, -0.15) is 0 Å². The lowest BCUT2D eigenvalue weighted by atomic mass is 10.0. The summed E-state index contributed by atoms with van der Waals surface area (Å²) >= 11 is 1.48. The Kier molecular flexibility index (Phi) is 8.89. The number of methoxy groups -OCH3 is 1. The summed E-state index contributed by atoms with van der Waals surface area (Å²) in [6.45, 7) is 9.80. The quantitative estimate of drug-likeness (QED) is 0.547. The molecule has 5 nitrogen and oxygen atoms in total. The molecular weight excluding hydrogens is 278 g/mol. The number of amides is 1. The smallest absolute Gasteiger partial charge is 0.329 e. The second kappa shape index (κ2) is 9.23. The van der Waals surface area contributed by atoms with Gasteiger partial charge in [0.15, 0.2) is 0 Å². The Morgan fingerprint density at radius 2 is 1.85 bits per heavy atom. The van der Waals surface area contributed by atoms with Crippen molar-refractivity contribution in [1.29, 1.82) is 0 Å². The van der Waals surface area contributed by atoms with Crippen molar-refractivity contribution in [2.75, 3.05) is 25.2 Å². The van der Waals surface area contributed by atoms with Crippen molar-refractivity contribution in [3.05, 3.63) is 0 Å². The molecule has 0 radical (unpaired) electrons. The van der Waals surface area contributed by atoms with Crippen molar-refractivity contribution < 1.29 is 19.1 Å². The molecule has 0 aliphatic rings. The van der Waals surface area contributed by atoms with Crippen molar-refractivity contribution in [2.45, 2.75) is 46.3 Å². The van der Waals surface area contributed by atoms with Gasteiger partial charge in [0.2, 0.25) is 5.91 Å². The normalized spacial score (nSPS) is 13.2. The summed E-state index contributed by atoms with van der Waals surface area (Å²) in [5.74, 6) is 0.508. The van der Waals surface area contributed by atoms with Gasteiger partial charge in [0.25, 0.3) is 0 Å². The Balaban J connectivity index is 4.33. The first-order valence-corrected chi connectivity index (χ1v) is 7.91. The van der Waals surface area contributed by atoms with Gasteiger partial charge in [-0.1, -0.05) is 13.8 Å². The van der Waals surface area contributed by atoms with Crippen LogP contribution in [0.25, 0.3) is 0 Å². The monoisotopic (exact) mass is 305 g/mol. The number of nitrogens with one attached hydrogen (secondary N) is 1. The van der Waals surface area contributed by atoms with E-state index < -0.39 is 11.6 Å². The molecule has 1 N–H and O–H groups in total. The van der Waals surface area contributed by atoms with Crippen molar-refractivity contribution in [3.8, 4) is 0 Å². The summed E-state index contributed by atoms with van der Waals surface area (Å²) < 4.78 is 10.2. The molecule has 118 valence electrons. The lowest BCUT2D eigenvalue weighted by molar-refractivity contribution is -0.159. The number of esters is 1. The minimum absolute atomic E-state index is 0.0159. The van der Waals surface area contributed by atoms with Gasteiger partial charge in [-0.25, -0.2) is 4.79 Å². The van der Waals surface area contributed by atoms with Gasteiger partial charge in [-0.3, -0.25) is 4.79 Å². The number of carbonyl (C=O) groups is 2. The molecule has 0 saturated carbocycles. The van der Waals surface area contributed by atoms with Crippen molar-refractivity contribution >= 4 is 23.6 Å². The first kappa shape index (κ1) is 19.2. The Bertz CT molecular complexity index is 313. The van der Waals surface area contributed by atoms with Gasteiger partial charge >= 0.3 is 5.97 Å². The molecular formula is C14H27NO4S. The van der Waals surface area contributed by atoms with Gasteiger partial charge < -0.3 is 14.8 Å². The van der Waals surface area contributed by atoms with E-state index in [1.807, 2.05) is 34.6 Å². The van der Waals surface area contributed by atoms with Crippen molar-refractivity contribution in [3.63, 3.8) is 0 Å². The van der Waals surface area contributed by atoms with Gasteiger partial charge in [-0.05, 0) is 26.7 Å². The number of carbonyl (C=O) groups excluding carboxylic acids is 2. The molecule has 0 aliphatic carbocycles. The van der Waals surface area contributed by atoms with Crippen molar-refractivity contribution in [2.24, 2.45) is 5.92 Å². The van der Waals surface area contributed by atoms with E-state index in [0.29, 0.717) is 12.4 Å². The summed E-state index contributed by atoms with van der Waals surface area (Å²) in [5, 5.41) is 2.74. The maximum atomic E-state index is 12.0. The fourth-order valence-corrected chi connectivity index (χ4v) is 2.08. The topological polar surface area (TPSA) is 64.6 Å². The second-order valence-electron chi connectivity index (χ2n) is 5.87. The molecule has 0 bridgehead atoms. The van der Waals surface area contributed by atoms with Crippen LogP contribution in [0.15, 0.2) is 0 Å². The molecule has 6 heteroatoms. The maximum Gasteiger partial charge on any atom is 0.329 e. The maximum absolute atomic E-state index is 12.0. The van der Waals surface area contributed by atoms with Crippen LogP contribution in [0.4, 0.5) is 0 Å². The van der Waals surface area contributed by atoms with Crippen LogP contribution in [0.3, 0.4) is 0 Å². The molecule has 0 aromatic rings. The van der Waals surface area contributed by atoms with Gasteiger partial charge in [0.05, 0.1) is 12.4 Å². The van der Waals surface area contributed by atoms with E-state index >= 15 is 0 Å². The van der Waals surface area contributed by atoms with Crippen LogP contribution in [0.1, 0.15) is 34.6 Å². The summed E-state index contributed by atoms with van der Waals surface area (Å²) in [6.07, 6.45) is 0. The number of thioether (sulfide) groups is 1. The fourth-order valence-electron chi connectivity index (χ4n) is 1.39. The molecule has 0 fully saturated rings. The average Bonchev–Trinajstić information content (AvgIpc) is 2.29. The molecule has 0 saturated heterocycles.